The third-order valence-electron chi connectivity index (χ3n) is 13.4. The van der Waals surface area contributed by atoms with Crippen LogP contribution in [-0.2, 0) is 52.5 Å². The van der Waals surface area contributed by atoms with Crippen molar-refractivity contribution in [3.8, 4) is 11.1 Å². The predicted octanol–water partition coefficient (Wildman–Crippen LogP) is 13.8. The Morgan fingerprint density at radius 2 is 1.36 bits per heavy atom. The standard InChI is InChI=1S/C52H54N2OSi.2ClH.Zr/c1-52(2,3)55-30-15-7-8-16-31-56(6,51-40-21-10-9-20-39(40)50-49(51)41-22-12-14-25-45(41)54(50)5)47-29-27-38-43(47)32-34-18-17-23-36(34)48(38)35-26-28-46-42(33-35)37-19-11-13-24-44(37)53(46)4;;;/h9-14,19-22,24-29,32-33H,7-8,15-18,23,30-31H2,1-6H3;2*1H;/q-2;;;+4/p-2. The van der Waals surface area contributed by atoms with Gasteiger partial charge >= 0.3 is 37.9 Å². The summed E-state index contributed by atoms with van der Waals surface area (Å²) in [5.74, 6) is 0. The van der Waals surface area contributed by atoms with E-state index in [9.17, 15) is 0 Å². The molecule has 59 heavy (non-hydrogen) atoms. The van der Waals surface area contributed by atoms with E-state index in [2.05, 4.69) is 160 Å². The van der Waals surface area contributed by atoms with E-state index >= 15 is 0 Å². The van der Waals surface area contributed by atoms with Gasteiger partial charge in [-0.2, -0.15) is 12.1 Å². The van der Waals surface area contributed by atoms with Crippen molar-refractivity contribution in [2.24, 2.45) is 14.1 Å². The number of benzene rings is 5. The summed E-state index contributed by atoms with van der Waals surface area (Å²) in [6, 6.07) is 43.6. The number of para-hydroxylation sites is 2. The van der Waals surface area contributed by atoms with Gasteiger partial charge in [0.25, 0.3) is 0 Å². The number of hydrogen-bond donors (Lipinski definition) is 0. The number of aromatic nitrogens is 2. The normalized spacial score (nSPS) is 14.1. The fourth-order valence-corrected chi connectivity index (χ4v) is 15.4. The first-order chi connectivity index (χ1) is 28.6. The number of aryl methyl sites for hydroxylation is 3. The molecule has 0 amide bonds. The Hall–Kier alpha value is -3.44. The molecule has 0 saturated heterocycles. The molecule has 10 rings (SSSR count). The first kappa shape index (κ1) is 40.9. The summed E-state index contributed by atoms with van der Waals surface area (Å²) in [4.78, 5) is 0. The molecular weight excluding hydrogens is 859 g/mol. The summed E-state index contributed by atoms with van der Waals surface area (Å²) in [6.07, 6.45) is 8.36. The van der Waals surface area contributed by atoms with Crippen LogP contribution in [0.2, 0.25) is 12.6 Å². The number of nitrogens with zero attached hydrogens (tertiary/aromatic N) is 2. The molecule has 2 aromatic heterocycles. The van der Waals surface area contributed by atoms with E-state index < -0.39 is 28.9 Å². The molecule has 1 atom stereocenters. The summed E-state index contributed by atoms with van der Waals surface area (Å²) in [6.45, 7) is 10.1. The monoisotopic (exact) mass is 910 g/mol. The van der Waals surface area contributed by atoms with E-state index in [1.54, 1.807) is 21.5 Å². The van der Waals surface area contributed by atoms with Crippen molar-refractivity contribution in [3.63, 3.8) is 0 Å². The molecule has 9 aromatic rings. The van der Waals surface area contributed by atoms with Crippen LogP contribution in [0.4, 0.5) is 0 Å². The summed E-state index contributed by atoms with van der Waals surface area (Å²) in [7, 11) is 12.0. The van der Waals surface area contributed by atoms with E-state index in [0.717, 1.165) is 19.4 Å². The SMILES string of the molecule is Cn1c2ccccc2c2cc(-c3c4c(cc5c3cc[c-]5[Si](C)(CCCCCCOC(C)(C)C)[c-]3c5ccccc5c5c3c3ccccc3n5C)CCC4)ccc21.[Cl][Zr+2][Cl]. The molecule has 0 bridgehead atoms. The Balaban J connectivity index is 0.00000145. The quantitative estimate of drug-likeness (QED) is 0.0760. The third-order valence-corrected chi connectivity index (χ3v) is 18.0. The maximum atomic E-state index is 6.12. The molecule has 2 heterocycles. The minimum atomic E-state index is -2.37. The molecule has 300 valence electrons. The van der Waals surface area contributed by atoms with Gasteiger partial charge in [-0.25, -0.2) is 0 Å². The predicted molar refractivity (Wildman–Crippen MR) is 256 cm³/mol. The maximum absolute atomic E-state index is 6.12. The van der Waals surface area contributed by atoms with Gasteiger partial charge in [0.1, 0.15) is 0 Å². The summed E-state index contributed by atoms with van der Waals surface area (Å²) in [5.41, 5.74) is 11.2. The van der Waals surface area contributed by atoms with Gasteiger partial charge in [-0.15, -0.1) is 38.7 Å². The number of hydrogen-bond acceptors (Lipinski definition) is 1. The third kappa shape index (κ3) is 7.11. The van der Waals surface area contributed by atoms with Gasteiger partial charge in [-0.05, 0) is 81.8 Å². The second-order valence-electron chi connectivity index (χ2n) is 18.0. The van der Waals surface area contributed by atoms with Crippen LogP contribution in [-0.4, -0.2) is 29.4 Å². The minimum absolute atomic E-state index is 0.0767. The van der Waals surface area contributed by atoms with Crippen LogP contribution in [0, 0.1) is 0 Å². The van der Waals surface area contributed by atoms with Gasteiger partial charge in [-0.3, -0.25) is 0 Å². The zero-order valence-corrected chi connectivity index (χ0v) is 40.3. The molecule has 7 heteroatoms. The zero-order valence-electron chi connectivity index (χ0n) is 35.3. The molecule has 0 aliphatic heterocycles. The zero-order chi connectivity index (χ0) is 41.1. The molecule has 7 aromatic carbocycles. The number of fused-ring (bicyclic) bond motifs is 10. The van der Waals surface area contributed by atoms with Gasteiger partial charge in [0.05, 0.1) is 5.60 Å². The van der Waals surface area contributed by atoms with Crippen LogP contribution >= 0.6 is 17.0 Å². The molecular formula is C52H54Cl2N2OSiZr. The Morgan fingerprint density at radius 3 is 2.12 bits per heavy atom. The van der Waals surface area contributed by atoms with E-state index in [0.29, 0.717) is 0 Å². The Kier molecular flexibility index (Phi) is 11.4. The van der Waals surface area contributed by atoms with Crippen molar-refractivity contribution in [2.45, 2.75) is 83.9 Å². The average Bonchev–Trinajstić information content (AvgIpc) is 4.05. The molecule has 1 aliphatic carbocycles. The molecule has 0 radical (unpaired) electrons. The Morgan fingerprint density at radius 1 is 0.695 bits per heavy atom. The van der Waals surface area contributed by atoms with Crippen LogP contribution < -0.4 is 10.4 Å². The van der Waals surface area contributed by atoms with Gasteiger partial charge in [-0.1, -0.05) is 125 Å². The molecule has 0 fully saturated rings. The molecule has 0 saturated carbocycles. The fourth-order valence-electron chi connectivity index (χ4n) is 10.8. The molecule has 0 N–H and O–H groups in total. The molecule has 0 spiro atoms. The molecule has 1 aliphatic rings. The second-order valence-corrected chi connectivity index (χ2v) is 25.9. The summed E-state index contributed by atoms with van der Waals surface area (Å²) >= 11 is -0.826. The summed E-state index contributed by atoms with van der Waals surface area (Å²) < 4.78 is 10.9. The van der Waals surface area contributed by atoms with Crippen molar-refractivity contribution < 1.29 is 25.6 Å². The average molecular weight is 913 g/mol. The van der Waals surface area contributed by atoms with Crippen LogP contribution in [0.25, 0.3) is 76.3 Å². The van der Waals surface area contributed by atoms with Crippen molar-refractivity contribution in [1.29, 1.82) is 0 Å². The number of ether oxygens (including phenoxy) is 1. The molecule has 1 unspecified atom stereocenters. The van der Waals surface area contributed by atoms with E-state index in [4.69, 9.17) is 21.8 Å². The number of unbranched alkanes of at least 4 members (excludes halogenated alkanes) is 3. The fraction of sp³-hybridized carbons (Fsp3) is 0.308. The van der Waals surface area contributed by atoms with E-state index in [1.807, 2.05) is 0 Å². The Bertz CT molecular complexity index is 2990. The van der Waals surface area contributed by atoms with Crippen molar-refractivity contribution in [3.05, 3.63) is 120 Å². The first-order valence-electron chi connectivity index (χ1n) is 21.4. The van der Waals surface area contributed by atoms with Gasteiger partial charge in [0.15, 0.2) is 0 Å². The van der Waals surface area contributed by atoms with Crippen LogP contribution in [0.3, 0.4) is 0 Å². The second kappa shape index (κ2) is 16.4. The van der Waals surface area contributed by atoms with E-state index in [1.165, 1.54) is 114 Å². The van der Waals surface area contributed by atoms with Gasteiger partial charge < -0.3 is 13.9 Å². The van der Waals surface area contributed by atoms with E-state index in [-0.39, 0.29) is 5.60 Å². The van der Waals surface area contributed by atoms with Crippen molar-refractivity contribution in [2.75, 3.05) is 6.61 Å². The van der Waals surface area contributed by atoms with Crippen molar-refractivity contribution in [1.82, 2.24) is 9.13 Å². The first-order valence-corrected chi connectivity index (χ1v) is 30.5. The van der Waals surface area contributed by atoms with Crippen molar-refractivity contribution >= 4 is 101 Å². The van der Waals surface area contributed by atoms with Gasteiger partial charge in [0.2, 0.25) is 0 Å². The number of halogens is 2. The van der Waals surface area contributed by atoms with Crippen LogP contribution in [0.5, 0.6) is 0 Å². The van der Waals surface area contributed by atoms with Crippen LogP contribution in [0.1, 0.15) is 64.0 Å². The topological polar surface area (TPSA) is 19.1 Å². The Labute approximate surface area is 368 Å². The summed E-state index contributed by atoms with van der Waals surface area (Å²) in [5, 5.41) is 14.7. The van der Waals surface area contributed by atoms with Gasteiger partial charge in [0, 0.05) is 56.1 Å². The molecule has 3 nitrogen and oxygen atoms in total. The number of rotatable bonds is 10. The van der Waals surface area contributed by atoms with Crippen LogP contribution in [0.15, 0.2) is 109 Å².